The molecule has 0 radical (unpaired) electrons. The third-order valence-electron chi connectivity index (χ3n) is 5.12. The number of fused-ring (bicyclic) bond motifs is 1. The van der Waals surface area contributed by atoms with Crippen LogP contribution in [-0.4, -0.2) is 41.6 Å². The fourth-order valence-corrected chi connectivity index (χ4v) is 3.59. The van der Waals surface area contributed by atoms with E-state index in [0.717, 1.165) is 11.3 Å². The highest BCUT2D eigenvalue weighted by Gasteiger charge is 2.29. The molecule has 0 spiro atoms. The summed E-state index contributed by atoms with van der Waals surface area (Å²) in [4.78, 5) is 40.5. The van der Waals surface area contributed by atoms with Crippen LogP contribution < -0.4 is 10.1 Å². The van der Waals surface area contributed by atoms with E-state index in [-0.39, 0.29) is 17.8 Å². The first-order chi connectivity index (χ1) is 14.7. The molecule has 3 rings (SSSR count). The molecule has 166 valence electrons. The van der Waals surface area contributed by atoms with Crippen molar-refractivity contribution in [1.29, 1.82) is 0 Å². The van der Waals surface area contributed by atoms with Gasteiger partial charge in [-0.15, -0.1) is 0 Å². The molecule has 1 aliphatic heterocycles. The maximum Gasteiger partial charge on any atom is 0.355 e. The lowest BCUT2D eigenvalue weighted by Crippen LogP contribution is -2.39. The molecule has 0 saturated heterocycles. The van der Waals surface area contributed by atoms with E-state index >= 15 is 0 Å². The fraction of sp³-hybridized carbons (Fsp3) is 0.435. The number of aromatic amines is 1. The number of carbonyl (C=O) groups excluding carboxylic acids is 3. The smallest absolute Gasteiger partial charge is 0.355 e. The Morgan fingerprint density at radius 2 is 1.81 bits per heavy atom. The number of hydrogen-bond donors (Lipinski definition) is 2. The van der Waals surface area contributed by atoms with Gasteiger partial charge in [0.05, 0.1) is 24.3 Å². The molecule has 1 aromatic heterocycles. The average Bonchev–Trinajstić information content (AvgIpc) is 3.01. The van der Waals surface area contributed by atoms with E-state index in [9.17, 15) is 14.4 Å². The van der Waals surface area contributed by atoms with Crippen molar-refractivity contribution in [3.05, 3.63) is 52.3 Å². The molecule has 0 fully saturated rings. The molecule has 0 bridgehead atoms. The van der Waals surface area contributed by atoms with Gasteiger partial charge in [0.2, 0.25) is 0 Å². The van der Waals surface area contributed by atoms with Crippen molar-refractivity contribution >= 4 is 17.8 Å². The van der Waals surface area contributed by atoms with Crippen molar-refractivity contribution in [2.75, 3.05) is 6.61 Å². The van der Waals surface area contributed by atoms with Gasteiger partial charge in [-0.05, 0) is 46.2 Å². The summed E-state index contributed by atoms with van der Waals surface area (Å²) in [6.45, 7) is 8.83. The fourth-order valence-electron chi connectivity index (χ4n) is 3.59. The molecule has 31 heavy (non-hydrogen) atoms. The Balaban J connectivity index is 1.67. The molecule has 1 aromatic carbocycles. The second-order valence-electron chi connectivity index (χ2n) is 7.86. The van der Waals surface area contributed by atoms with E-state index in [0.29, 0.717) is 29.8 Å². The van der Waals surface area contributed by atoms with Crippen LogP contribution in [0.25, 0.3) is 0 Å². The highest BCUT2D eigenvalue weighted by molar-refractivity contribution is 5.99. The van der Waals surface area contributed by atoms with E-state index in [2.05, 4.69) is 10.3 Å². The largest absolute Gasteiger partial charge is 0.493 e. The molecule has 8 nitrogen and oxygen atoms in total. The molecular weight excluding hydrogens is 400 g/mol. The third-order valence-corrected chi connectivity index (χ3v) is 5.12. The van der Waals surface area contributed by atoms with Gasteiger partial charge in [-0.3, -0.25) is 4.79 Å². The Morgan fingerprint density at radius 3 is 2.52 bits per heavy atom. The predicted octanol–water partition coefficient (Wildman–Crippen LogP) is 3.38. The minimum Gasteiger partial charge on any atom is -0.493 e. The maximum absolute atomic E-state index is 12.7. The Morgan fingerprint density at radius 1 is 1.10 bits per heavy atom. The van der Waals surface area contributed by atoms with Crippen molar-refractivity contribution in [1.82, 2.24) is 10.3 Å². The van der Waals surface area contributed by atoms with Crippen LogP contribution in [0.3, 0.4) is 0 Å². The number of carbonyl (C=O) groups is 3. The Bertz CT molecular complexity index is 994. The molecule has 2 unspecified atom stereocenters. The Hall–Kier alpha value is -3.29. The first kappa shape index (κ1) is 22.4. The number of nitrogens with one attached hydrogen (secondary N) is 2. The summed E-state index contributed by atoms with van der Waals surface area (Å²) in [5.41, 5.74) is 2.26. The van der Waals surface area contributed by atoms with Crippen LogP contribution >= 0.6 is 0 Å². The van der Waals surface area contributed by atoms with Crippen molar-refractivity contribution in [2.45, 2.75) is 59.3 Å². The van der Waals surface area contributed by atoms with Gasteiger partial charge in [0, 0.05) is 17.7 Å². The van der Waals surface area contributed by atoms with Crippen LogP contribution in [0.4, 0.5) is 0 Å². The minimum absolute atomic E-state index is 0.129. The summed E-state index contributed by atoms with van der Waals surface area (Å²) < 4.78 is 16.2. The van der Waals surface area contributed by atoms with Crippen LogP contribution in [-0.2, 0) is 14.3 Å². The Kier molecular flexibility index (Phi) is 6.68. The number of hydrogen-bond acceptors (Lipinski definition) is 6. The van der Waals surface area contributed by atoms with Crippen LogP contribution in [0, 0.1) is 13.8 Å². The van der Waals surface area contributed by atoms with E-state index in [1.165, 1.54) is 6.92 Å². The van der Waals surface area contributed by atoms with Crippen LogP contribution in [0.15, 0.2) is 24.3 Å². The van der Waals surface area contributed by atoms with Crippen molar-refractivity contribution in [3.8, 4) is 5.75 Å². The zero-order chi connectivity index (χ0) is 22.7. The molecule has 8 heteroatoms. The van der Waals surface area contributed by atoms with E-state index in [4.69, 9.17) is 14.2 Å². The predicted molar refractivity (Wildman–Crippen MR) is 113 cm³/mol. The van der Waals surface area contributed by atoms with Gasteiger partial charge >= 0.3 is 11.9 Å². The molecule has 2 heterocycles. The maximum atomic E-state index is 12.7. The summed E-state index contributed by atoms with van der Waals surface area (Å²) in [7, 11) is 0. The standard InChI is InChI=1S/C23H28N2O6/c1-12(2)30-22(27)19-13(3)20(24-14(19)4)23(28)31-15(5)21(26)25-17-10-11-29-18-9-7-6-8-16(17)18/h6-9,12,15,17,24H,10-11H2,1-5H3,(H,25,26). The number of aryl methyl sites for hydroxylation is 1. The van der Waals surface area contributed by atoms with Gasteiger partial charge in [-0.25, -0.2) is 9.59 Å². The van der Waals surface area contributed by atoms with Crippen molar-refractivity contribution < 1.29 is 28.6 Å². The second kappa shape index (κ2) is 9.24. The molecular formula is C23H28N2O6. The number of H-pyrrole nitrogens is 1. The molecule has 2 N–H and O–H groups in total. The highest BCUT2D eigenvalue weighted by atomic mass is 16.6. The summed E-state index contributed by atoms with van der Waals surface area (Å²) in [6.07, 6.45) is -0.674. The Labute approximate surface area is 181 Å². The van der Waals surface area contributed by atoms with Gasteiger partial charge in [0.1, 0.15) is 11.4 Å². The summed E-state index contributed by atoms with van der Waals surface area (Å²) >= 11 is 0. The van der Waals surface area contributed by atoms with Crippen molar-refractivity contribution in [3.63, 3.8) is 0 Å². The number of amides is 1. The number of rotatable bonds is 6. The first-order valence-electron chi connectivity index (χ1n) is 10.3. The zero-order valence-electron chi connectivity index (χ0n) is 18.4. The summed E-state index contributed by atoms with van der Waals surface area (Å²) in [5.74, 6) is -0.888. The number of esters is 2. The first-order valence-corrected chi connectivity index (χ1v) is 10.3. The van der Waals surface area contributed by atoms with E-state index in [1.54, 1.807) is 27.7 Å². The summed E-state index contributed by atoms with van der Waals surface area (Å²) in [5, 5.41) is 2.92. The lowest BCUT2D eigenvalue weighted by Gasteiger charge is -2.27. The number of ether oxygens (including phenoxy) is 3. The zero-order valence-corrected chi connectivity index (χ0v) is 18.4. The van der Waals surface area contributed by atoms with Gasteiger partial charge in [-0.1, -0.05) is 18.2 Å². The number of para-hydroxylation sites is 1. The molecule has 0 aliphatic carbocycles. The van der Waals surface area contributed by atoms with Gasteiger partial charge in [0.25, 0.3) is 5.91 Å². The summed E-state index contributed by atoms with van der Waals surface area (Å²) in [6, 6.07) is 7.30. The van der Waals surface area contributed by atoms with E-state index < -0.39 is 23.9 Å². The molecule has 2 aromatic rings. The monoisotopic (exact) mass is 428 g/mol. The van der Waals surface area contributed by atoms with Crippen molar-refractivity contribution in [2.24, 2.45) is 0 Å². The highest BCUT2D eigenvalue weighted by Crippen LogP contribution is 2.31. The van der Waals surface area contributed by atoms with Gasteiger partial charge in [-0.2, -0.15) is 0 Å². The quantitative estimate of drug-likeness (QED) is 0.683. The number of benzene rings is 1. The van der Waals surface area contributed by atoms with E-state index in [1.807, 2.05) is 24.3 Å². The lowest BCUT2D eigenvalue weighted by molar-refractivity contribution is -0.130. The van der Waals surface area contributed by atoms with Gasteiger partial charge < -0.3 is 24.5 Å². The third kappa shape index (κ3) is 4.90. The number of aromatic nitrogens is 1. The van der Waals surface area contributed by atoms with Gasteiger partial charge in [0.15, 0.2) is 6.10 Å². The van der Waals surface area contributed by atoms with Crippen LogP contribution in [0.5, 0.6) is 5.75 Å². The average molecular weight is 428 g/mol. The van der Waals surface area contributed by atoms with Crippen LogP contribution in [0.2, 0.25) is 0 Å². The SMILES string of the molecule is Cc1[nH]c(C(=O)OC(C)C(=O)NC2CCOc3ccccc32)c(C)c1C(=O)OC(C)C. The topological polar surface area (TPSA) is 107 Å². The lowest BCUT2D eigenvalue weighted by atomic mass is 10.0. The molecule has 1 amide bonds. The molecule has 2 atom stereocenters. The van der Waals surface area contributed by atoms with Crippen LogP contribution in [0.1, 0.15) is 70.9 Å². The minimum atomic E-state index is -1.02. The normalized spacial score (nSPS) is 16.1. The molecule has 1 aliphatic rings. The molecule has 0 saturated carbocycles. The second-order valence-corrected chi connectivity index (χ2v) is 7.86.